The van der Waals surface area contributed by atoms with E-state index >= 15 is 0 Å². The molecule has 0 unspecified atom stereocenters. The van der Waals surface area contributed by atoms with Gasteiger partial charge < -0.3 is 10.2 Å². The normalized spacial score (nSPS) is 14.8. The first-order valence-corrected chi connectivity index (χ1v) is 9.22. The second-order valence-electron chi connectivity index (χ2n) is 7.00. The van der Waals surface area contributed by atoms with E-state index in [0.717, 1.165) is 37.7 Å². The number of rotatable bonds is 4. The smallest absolute Gasteiger partial charge is 0.246 e. The third-order valence-corrected chi connectivity index (χ3v) is 4.90. The van der Waals surface area contributed by atoms with Gasteiger partial charge in [-0.2, -0.15) is 10.4 Å². The first-order chi connectivity index (χ1) is 13.6. The number of anilines is 2. The number of amides is 1. The summed E-state index contributed by atoms with van der Waals surface area (Å²) in [7, 11) is 0. The zero-order chi connectivity index (χ0) is 19.5. The molecule has 1 aliphatic rings. The highest BCUT2D eigenvalue weighted by atomic mass is 16.2. The van der Waals surface area contributed by atoms with Crippen LogP contribution in [0.3, 0.4) is 0 Å². The molecule has 0 aromatic carbocycles. The van der Waals surface area contributed by atoms with Crippen LogP contribution in [0.2, 0.25) is 0 Å². The minimum absolute atomic E-state index is 0.0126. The lowest BCUT2D eigenvalue weighted by atomic mass is 9.99. The fraction of sp³-hybridized carbons (Fsp3) is 0.368. The van der Waals surface area contributed by atoms with Crippen LogP contribution >= 0.6 is 0 Å². The maximum atomic E-state index is 12.4. The van der Waals surface area contributed by atoms with E-state index in [4.69, 9.17) is 10.2 Å². The van der Waals surface area contributed by atoms with Crippen molar-refractivity contribution in [2.75, 3.05) is 23.3 Å². The van der Waals surface area contributed by atoms with E-state index in [0.29, 0.717) is 22.5 Å². The van der Waals surface area contributed by atoms with Gasteiger partial charge in [-0.3, -0.25) is 4.79 Å². The fourth-order valence-electron chi connectivity index (χ4n) is 3.22. The van der Waals surface area contributed by atoms with Crippen molar-refractivity contribution in [3.05, 3.63) is 36.4 Å². The molecule has 0 aliphatic carbocycles. The number of hydrogen-bond acceptors (Lipinski definition) is 7. The highest BCUT2D eigenvalue weighted by molar-refractivity contribution is 5.91. The van der Waals surface area contributed by atoms with Crippen LogP contribution in [0.4, 0.5) is 11.5 Å². The molecule has 28 heavy (non-hydrogen) atoms. The van der Waals surface area contributed by atoms with Crippen LogP contribution in [0.25, 0.3) is 11.2 Å². The highest BCUT2D eigenvalue weighted by Gasteiger charge is 2.19. The van der Waals surface area contributed by atoms with Gasteiger partial charge in [0.1, 0.15) is 29.6 Å². The van der Waals surface area contributed by atoms with Crippen molar-refractivity contribution < 1.29 is 4.79 Å². The Bertz CT molecular complexity index is 1030. The van der Waals surface area contributed by atoms with Crippen molar-refractivity contribution in [1.82, 2.24) is 24.7 Å². The van der Waals surface area contributed by atoms with Gasteiger partial charge in [-0.15, -0.1) is 0 Å². The number of pyridine rings is 1. The Balaban J connectivity index is 1.49. The predicted molar refractivity (Wildman–Crippen MR) is 104 cm³/mol. The van der Waals surface area contributed by atoms with Gasteiger partial charge in [-0.1, -0.05) is 6.92 Å². The summed E-state index contributed by atoms with van der Waals surface area (Å²) in [5.41, 5.74) is 2.06. The maximum absolute atomic E-state index is 12.4. The Labute approximate surface area is 162 Å². The Morgan fingerprint density at radius 1 is 1.25 bits per heavy atom. The molecule has 0 spiro atoms. The Morgan fingerprint density at radius 3 is 2.79 bits per heavy atom. The van der Waals surface area contributed by atoms with Gasteiger partial charge in [0.15, 0.2) is 5.65 Å². The van der Waals surface area contributed by atoms with E-state index in [9.17, 15) is 4.79 Å². The summed E-state index contributed by atoms with van der Waals surface area (Å²) in [6.07, 6.45) is 7.11. The summed E-state index contributed by atoms with van der Waals surface area (Å²) in [6, 6.07) is 5.13. The summed E-state index contributed by atoms with van der Waals surface area (Å²) in [4.78, 5) is 27.7. The Hall–Kier alpha value is -3.54. The molecule has 0 atom stereocenters. The van der Waals surface area contributed by atoms with Gasteiger partial charge in [0.2, 0.25) is 5.91 Å². The summed E-state index contributed by atoms with van der Waals surface area (Å²) in [6.45, 7) is 4.20. The number of piperidine rings is 1. The lowest BCUT2D eigenvalue weighted by Crippen LogP contribution is -2.33. The average Bonchev–Trinajstić information content (AvgIpc) is 3.11. The third-order valence-electron chi connectivity index (χ3n) is 4.90. The SMILES string of the molecule is CC1CCN(c2cnc3cnn(CC(=O)Nc4ccc(C#N)nc4)c3n2)CC1. The molecule has 1 saturated heterocycles. The van der Waals surface area contributed by atoms with Crippen molar-refractivity contribution in [3.8, 4) is 6.07 Å². The summed E-state index contributed by atoms with van der Waals surface area (Å²) >= 11 is 0. The summed E-state index contributed by atoms with van der Waals surface area (Å²) in [5, 5.41) is 15.8. The minimum Gasteiger partial charge on any atom is -0.355 e. The second-order valence-corrected chi connectivity index (χ2v) is 7.00. The van der Waals surface area contributed by atoms with Gasteiger partial charge in [0, 0.05) is 13.1 Å². The molecule has 1 aliphatic heterocycles. The van der Waals surface area contributed by atoms with Gasteiger partial charge in [-0.25, -0.2) is 19.6 Å². The monoisotopic (exact) mass is 376 g/mol. The standard InChI is InChI=1S/C19H20N8O/c1-13-4-6-26(7-5-13)17-11-22-16-10-23-27(19(16)25-17)12-18(28)24-15-3-2-14(8-20)21-9-15/h2-3,9-11,13H,4-7,12H2,1H3,(H,24,28). The van der Waals surface area contributed by atoms with Gasteiger partial charge in [0.25, 0.3) is 0 Å². The van der Waals surface area contributed by atoms with E-state index in [1.54, 1.807) is 29.2 Å². The van der Waals surface area contributed by atoms with E-state index in [1.165, 1.54) is 6.20 Å². The zero-order valence-electron chi connectivity index (χ0n) is 15.5. The molecule has 4 rings (SSSR count). The van der Waals surface area contributed by atoms with Crippen LogP contribution in [0.15, 0.2) is 30.7 Å². The zero-order valence-corrected chi connectivity index (χ0v) is 15.5. The minimum atomic E-state index is -0.254. The maximum Gasteiger partial charge on any atom is 0.246 e. The van der Waals surface area contributed by atoms with Crippen LogP contribution in [-0.4, -0.2) is 43.7 Å². The third kappa shape index (κ3) is 3.76. The van der Waals surface area contributed by atoms with Crippen LogP contribution in [0.5, 0.6) is 0 Å². The van der Waals surface area contributed by atoms with Crippen molar-refractivity contribution >= 4 is 28.6 Å². The lowest BCUT2D eigenvalue weighted by Gasteiger charge is -2.30. The van der Waals surface area contributed by atoms with E-state index in [1.807, 2.05) is 6.07 Å². The number of nitriles is 1. The molecule has 1 N–H and O–H groups in total. The second kappa shape index (κ2) is 7.60. The quantitative estimate of drug-likeness (QED) is 0.740. The Morgan fingerprint density at radius 2 is 2.07 bits per heavy atom. The molecule has 1 amide bonds. The fourth-order valence-corrected chi connectivity index (χ4v) is 3.22. The van der Waals surface area contributed by atoms with Crippen molar-refractivity contribution in [2.45, 2.75) is 26.3 Å². The van der Waals surface area contributed by atoms with Gasteiger partial charge in [-0.05, 0) is 30.9 Å². The number of nitrogens with one attached hydrogen (secondary N) is 1. The molecular formula is C19H20N8O. The molecule has 4 heterocycles. The van der Waals surface area contributed by atoms with Crippen LogP contribution in [0.1, 0.15) is 25.5 Å². The Kier molecular flexibility index (Phi) is 4.85. The number of nitrogens with zero attached hydrogens (tertiary/aromatic N) is 7. The van der Waals surface area contributed by atoms with Crippen LogP contribution in [0, 0.1) is 17.2 Å². The number of hydrogen-bond donors (Lipinski definition) is 1. The van der Waals surface area contributed by atoms with Crippen molar-refractivity contribution in [2.24, 2.45) is 5.92 Å². The molecule has 9 heteroatoms. The van der Waals surface area contributed by atoms with Crippen LogP contribution < -0.4 is 10.2 Å². The predicted octanol–water partition coefficient (Wildman–Crippen LogP) is 1.97. The van der Waals surface area contributed by atoms with Crippen molar-refractivity contribution in [1.29, 1.82) is 5.26 Å². The molecular weight excluding hydrogens is 356 g/mol. The van der Waals surface area contributed by atoms with Gasteiger partial charge in [0.05, 0.1) is 24.3 Å². The molecule has 142 valence electrons. The first-order valence-electron chi connectivity index (χ1n) is 9.22. The summed E-state index contributed by atoms with van der Waals surface area (Å²) in [5.74, 6) is 1.30. The molecule has 0 radical (unpaired) electrons. The molecule has 3 aromatic heterocycles. The van der Waals surface area contributed by atoms with E-state index in [2.05, 4.69) is 32.2 Å². The van der Waals surface area contributed by atoms with Crippen molar-refractivity contribution in [3.63, 3.8) is 0 Å². The number of fused-ring (bicyclic) bond motifs is 1. The lowest BCUT2D eigenvalue weighted by molar-refractivity contribution is -0.116. The molecule has 3 aromatic rings. The molecule has 9 nitrogen and oxygen atoms in total. The van der Waals surface area contributed by atoms with Gasteiger partial charge >= 0.3 is 0 Å². The van der Waals surface area contributed by atoms with E-state index in [-0.39, 0.29) is 12.5 Å². The van der Waals surface area contributed by atoms with E-state index < -0.39 is 0 Å². The topological polar surface area (TPSA) is 113 Å². The number of carbonyl (C=O) groups excluding carboxylic acids is 1. The molecule has 0 bridgehead atoms. The first kappa shape index (κ1) is 17.9. The number of carbonyl (C=O) groups is 1. The highest BCUT2D eigenvalue weighted by Crippen LogP contribution is 2.22. The molecule has 1 fully saturated rings. The average molecular weight is 376 g/mol. The largest absolute Gasteiger partial charge is 0.355 e. The molecule has 0 saturated carbocycles. The van der Waals surface area contributed by atoms with Crippen LogP contribution in [-0.2, 0) is 11.3 Å². The summed E-state index contributed by atoms with van der Waals surface area (Å²) < 4.78 is 1.55. The number of aromatic nitrogens is 5.